The second-order valence-electron chi connectivity index (χ2n) is 5.30. The van der Waals surface area contributed by atoms with Crippen molar-refractivity contribution in [1.82, 2.24) is 5.32 Å². The van der Waals surface area contributed by atoms with Gasteiger partial charge in [-0.2, -0.15) is 0 Å². The molecule has 0 amide bonds. The highest BCUT2D eigenvalue weighted by atomic mass is 15.0. The lowest BCUT2D eigenvalue weighted by molar-refractivity contribution is 0.276. The van der Waals surface area contributed by atoms with Gasteiger partial charge >= 0.3 is 0 Å². The molecule has 1 heteroatoms. The maximum Gasteiger partial charge on any atom is 0.0262 e. The summed E-state index contributed by atoms with van der Waals surface area (Å²) in [6.45, 7) is 3.22. The molecule has 0 radical (unpaired) electrons. The number of benzene rings is 1. The van der Waals surface area contributed by atoms with Crippen LogP contribution in [0.5, 0.6) is 0 Å². The lowest BCUT2D eigenvalue weighted by Crippen LogP contribution is -2.50. The number of nitrogens with one attached hydrogen (secondary N) is 1. The van der Waals surface area contributed by atoms with Crippen molar-refractivity contribution in [2.45, 2.75) is 44.7 Å². The van der Waals surface area contributed by atoms with E-state index < -0.39 is 0 Å². The topological polar surface area (TPSA) is 12.0 Å². The van der Waals surface area contributed by atoms with E-state index in [1.54, 1.807) is 5.56 Å². The van der Waals surface area contributed by atoms with E-state index in [1.807, 2.05) is 0 Å². The maximum absolute atomic E-state index is 3.77. The first-order chi connectivity index (χ1) is 7.77. The third-order valence-electron chi connectivity index (χ3n) is 4.01. The van der Waals surface area contributed by atoms with E-state index in [-0.39, 0.29) is 0 Å². The van der Waals surface area contributed by atoms with Gasteiger partial charge in [-0.25, -0.2) is 0 Å². The van der Waals surface area contributed by atoms with Gasteiger partial charge in [0, 0.05) is 12.1 Å². The first-order valence-corrected chi connectivity index (χ1v) is 6.26. The van der Waals surface area contributed by atoms with E-state index in [0.717, 1.165) is 6.54 Å². The molecule has 1 spiro atoms. The predicted octanol–water partition coefficient (Wildman–Crippen LogP) is 3.12. The standard InChI is InChI=1S/C15H19N/c1-12-5-6-13-10-15(7-3-2-4-8-15)16-11-14(13)9-12/h2-3,5-6,9,16H,4,7-8,10-11H2,1H3. The molecule has 1 nitrogen and oxygen atoms in total. The van der Waals surface area contributed by atoms with Crippen molar-refractivity contribution in [3.63, 3.8) is 0 Å². The summed E-state index contributed by atoms with van der Waals surface area (Å²) in [5.41, 5.74) is 4.79. The molecule has 0 bridgehead atoms. The van der Waals surface area contributed by atoms with Gasteiger partial charge in [0.25, 0.3) is 0 Å². The molecule has 3 rings (SSSR count). The summed E-state index contributed by atoms with van der Waals surface area (Å²) in [5.74, 6) is 0. The number of hydrogen-bond donors (Lipinski definition) is 1. The molecule has 1 N–H and O–H groups in total. The summed E-state index contributed by atoms with van der Waals surface area (Å²) in [4.78, 5) is 0. The fraction of sp³-hybridized carbons (Fsp3) is 0.467. The SMILES string of the molecule is Cc1ccc2c(c1)CNC1(CC=CCC1)C2. The lowest BCUT2D eigenvalue weighted by Gasteiger charge is -2.40. The van der Waals surface area contributed by atoms with Crippen LogP contribution in [0.15, 0.2) is 30.4 Å². The van der Waals surface area contributed by atoms with Crippen LogP contribution in [0.3, 0.4) is 0 Å². The van der Waals surface area contributed by atoms with Crippen molar-refractivity contribution in [2.75, 3.05) is 0 Å². The summed E-state index contributed by atoms with van der Waals surface area (Å²) in [7, 11) is 0. The van der Waals surface area contributed by atoms with E-state index in [1.165, 1.54) is 36.8 Å². The second-order valence-corrected chi connectivity index (χ2v) is 5.30. The fourth-order valence-corrected chi connectivity index (χ4v) is 3.01. The van der Waals surface area contributed by atoms with Crippen LogP contribution >= 0.6 is 0 Å². The zero-order valence-electron chi connectivity index (χ0n) is 9.92. The smallest absolute Gasteiger partial charge is 0.0262 e. The summed E-state index contributed by atoms with van der Waals surface area (Å²) in [6, 6.07) is 6.90. The van der Waals surface area contributed by atoms with E-state index in [4.69, 9.17) is 0 Å². The fourth-order valence-electron chi connectivity index (χ4n) is 3.01. The third-order valence-corrected chi connectivity index (χ3v) is 4.01. The monoisotopic (exact) mass is 213 g/mol. The quantitative estimate of drug-likeness (QED) is 0.653. The minimum atomic E-state index is 0.358. The van der Waals surface area contributed by atoms with Crippen molar-refractivity contribution < 1.29 is 0 Å². The molecule has 1 unspecified atom stereocenters. The summed E-state index contributed by atoms with van der Waals surface area (Å²) in [6.07, 6.45) is 9.57. The Morgan fingerprint density at radius 2 is 2.12 bits per heavy atom. The van der Waals surface area contributed by atoms with Crippen molar-refractivity contribution in [1.29, 1.82) is 0 Å². The van der Waals surface area contributed by atoms with Crippen molar-refractivity contribution in [2.24, 2.45) is 0 Å². The molecular weight excluding hydrogens is 194 g/mol. The van der Waals surface area contributed by atoms with Gasteiger partial charge < -0.3 is 5.32 Å². The Kier molecular flexibility index (Phi) is 2.36. The molecule has 2 aliphatic rings. The molecule has 1 aliphatic carbocycles. The summed E-state index contributed by atoms with van der Waals surface area (Å²) in [5, 5.41) is 3.77. The van der Waals surface area contributed by atoms with Gasteiger partial charge in [-0.1, -0.05) is 35.9 Å². The molecule has 1 atom stereocenters. The van der Waals surface area contributed by atoms with E-state index in [9.17, 15) is 0 Å². The molecule has 1 aromatic rings. The second kappa shape index (κ2) is 3.74. The van der Waals surface area contributed by atoms with Gasteiger partial charge in [0.05, 0.1) is 0 Å². The van der Waals surface area contributed by atoms with Crippen LogP contribution in [0.1, 0.15) is 36.0 Å². The highest BCUT2D eigenvalue weighted by molar-refractivity contribution is 5.35. The average molecular weight is 213 g/mol. The van der Waals surface area contributed by atoms with Crippen LogP contribution in [-0.2, 0) is 13.0 Å². The average Bonchev–Trinajstić information content (AvgIpc) is 2.31. The Balaban J connectivity index is 1.91. The zero-order valence-corrected chi connectivity index (χ0v) is 9.92. The van der Waals surface area contributed by atoms with Gasteiger partial charge in [-0.05, 0) is 43.7 Å². The molecule has 1 aliphatic heterocycles. The predicted molar refractivity (Wildman–Crippen MR) is 67.4 cm³/mol. The Morgan fingerprint density at radius 1 is 1.19 bits per heavy atom. The molecule has 0 saturated heterocycles. The van der Waals surface area contributed by atoms with Gasteiger partial charge in [-0.3, -0.25) is 0 Å². The van der Waals surface area contributed by atoms with Crippen LogP contribution in [0.25, 0.3) is 0 Å². The zero-order chi connectivity index (χ0) is 11.0. The molecular formula is C15H19N. The van der Waals surface area contributed by atoms with Crippen molar-refractivity contribution >= 4 is 0 Å². The van der Waals surface area contributed by atoms with Crippen LogP contribution in [0, 0.1) is 6.92 Å². The van der Waals surface area contributed by atoms with Crippen molar-refractivity contribution in [3.05, 3.63) is 47.0 Å². The Bertz CT molecular complexity index is 433. The van der Waals surface area contributed by atoms with Gasteiger partial charge in [0.1, 0.15) is 0 Å². The highest BCUT2D eigenvalue weighted by Crippen LogP contribution is 2.32. The number of fused-ring (bicyclic) bond motifs is 1. The van der Waals surface area contributed by atoms with Gasteiger partial charge in [0.2, 0.25) is 0 Å². The van der Waals surface area contributed by atoms with E-state index in [0.29, 0.717) is 5.54 Å². The maximum atomic E-state index is 3.77. The van der Waals surface area contributed by atoms with Crippen LogP contribution < -0.4 is 5.32 Å². The first-order valence-electron chi connectivity index (χ1n) is 6.26. The number of rotatable bonds is 0. The highest BCUT2D eigenvalue weighted by Gasteiger charge is 2.33. The van der Waals surface area contributed by atoms with Crippen LogP contribution in [-0.4, -0.2) is 5.54 Å². The number of allylic oxidation sites excluding steroid dienone is 1. The molecule has 0 fully saturated rings. The Hall–Kier alpha value is -1.08. The molecule has 0 aromatic heterocycles. The largest absolute Gasteiger partial charge is 0.307 e. The Morgan fingerprint density at radius 3 is 2.94 bits per heavy atom. The Labute approximate surface area is 97.6 Å². The lowest BCUT2D eigenvalue weighted by atomic mass is 9.77. The van der Waals surface area contributed by atoms with Crippen LogP contribution in [0.2, 0.25) is 0 Å². The summed E-state index contributed by atoms with van der Waals surface area (Å²) < 4.78 is 0. The number of hydrogen-bond acceptors (Lipinski definition) is 1. The van der Waals surface area contributed by atoms with Gasteiger partial charge in [-0.15, -0.1) is 0 Å². The molecule has 0 saturated carbocycles. The molecule has 1 heterocycles. The third kappa shape index (κ3) is 1.69. The van der Waals surface area contributed by atoms with E-state index >= 15 is 0 Å². The first kappa shape index (κ1) is 10.1. The number of aryl methyl sites for hydroxylation is 1. The van der Waals surface area contributed by atoms with Gasteiger partial charge in [0.15, 0.2) is 0 Å². The normalized spacial score (nSPS) is 28.1. The minimum Gasteiger partial charge on any atom is -0.307 e. The minimum absolute atomic E-state index is 0.358. The van der Waals surface area contributed by atoms with E-state index in [2.05, 4.69) is 42.6 Å². The van der Waals surface area contributed by atoms with Crippen molar-refractivity contribution in [3.8, 4) is 0 Å². The van der Waals surface area contributed by atoms with Crippen LogP contribution in [0.4, 0.5) is 0 Å². The molecule has 84 valence electrons. The summed E-state index contributed by atoms with van der Waals surface area (Å²) >= 11 is 0. The molecule has 16 heavy (non-hydrogen) atoms. The molecule has 1 aromatic carbocycles.